The maximum Gasteiger partial charge on any atom is 0.337 e. The summed E-state index contributed by atoms with van der Waals surface area (Å²) in [6.45, 7) is 5.05. The zero-order valence-electron chi connectivity index (χ0n) is 11.7. The smallest absolute Gasteiger partial charge is 0.337 e. The quantitative estimate of drug-likeness (QED) is 0.669. The fourth-order valence-electron chi connectivity index (χ4n) is 2.01. The standard InChI is InChI=1S/C14H22N2O2S/c1-4-14(5-2,19-3)9-16-12-7-6-10(15)8-11(12)13(17)18/h6-8,16H,4-5,9,15H2,1-3H3,(H,17,18). The van der Waals surface area contributed by atoms with Crippen LogP contribution < -0.4 is 11.1 Å². The molecule has 4 N–H and O–H groups in total. The Hall–Kier alpha value is -1.36. The molecule has 1 aromatic rings. The largest absolute Gasteiger partial charge is 0.478 e. The average molecular weight is 282 g/mol. The van der Waals surface area contributed by atoms with Crippen molar-refractivity contribution in [3.63, 3.8) is 0 Å². The summed E-state index contributed by atoms with van der Waals surface area (Å²) in [4.78, 5) is 11.2. The summed E-state index contributed by atoms with van der Waals surface area (Å²) in [5, 5.41) is 12.4. The first kappa shape index (κ1) is 15.7. The number of carboxylic acids is 1. The first-order valence-electron chi connectivity index (χ1n) is 6.40. The molecule has 0 heterocycles. The van der Waals surface area contributed by atoms with Gasteiger partial charge in [-0.25, -0.2) is 4.79 Å². The number of aromatic carboxylic acids is 1. The Morgan fingerprint density at radius 3 is 2.53 bits per heavy atom. The fraction of sp³-hybridized carbons (Fsp3) is 0.500. The minimum Gasteiger partial charge on any atom is -0.478 e. The Balaban J connectivity index is 2.91. The second kappa shape index (κ2) is 6.70. The molecule has 0 aromatic heterocycles. The average Bonchev–Trinajstić information content (AvgIpc) is 2.42. The van der Waals surface area contributed by atoms with Gasteiger partial charge in [0.25, 0.3) is 0 Å². The Labute approximate surface area is 118 Å². The van der Waals surface area contributed by atoms with E-state index in [0.717, 1.165) is 19.4 Å². The predicted molar refractivity (Wildman–Crippen MR) is 83.1 cm³/mol. The van der Waals surface area contributed by atoms with Crippen molar-refractivity contribution in [2.75, 3.05) is 23.9 Å². The topological polar surface area (TPSA) is 75.3 Å². The van der Waals surface area contributed by atoms with Gasteiger partial charge in [-0.3, -0.25) is 0 Å². The summed E-state index contributed by atoms with van der Waals surface area (Å²) in [5.41, 5.74) is 6.94. The second-order valence-electron chi connectivity index (χ2n) is 4.56. The molecule has 0 atom stereocenters. The van der Waals surface area contributed by atoms with Crippen LogP contribution in [0.25, 0.3) is 0 Å². The maximum atomic E-state index is 11.2. The summed E-state index contributed by atoms with van der Waals surface area (Å²) >= 11 is 1.82. The lowest BCUT2D eigenvalue weighted by atomic mass is 10.0. The number of nitrogens with two attached hydrogens (primary N) is 1. The molecule has 0 aliphatic rings. The van der Waals surface area contributed by atoms with Crippen molar-refractivity contribution in [3.05, 3.63) is 23.8 Å². The van der Waals surface area contributed by atoms with E-state index in [1.807, 2.05) is 11.8 Å². The molecule has 0 bridgehead atoms. The molecule has 0 aliphatic carbocycles. The lowest BCUT2D eigenvalue weighted by Gasteiger charge is -2.30. The molecular weight excluding hydrogens is 260 g/mol. The van der Waals surface area contributed by atoms with E-state index in [1.165, 1.54) is 6.07 Å². The van der Waals surface area contributed by atoms with E-state index in [0.29, 0.717) is 11.4 Å². The van der Waals surface area contributed by atoms with Crippen molar-refractivity contribution in [2.45, 2.75) is 31.4 Å². The summed E-state index contributed by atoms with van der Waals surface area (Å²) in [6.07, 6.45) is 4.17. The highest BCUT2D eigenvalue weighted by molar-refractivity contribution is 8.00. The van der Waals surface area contributed by atoms with Gasteiger partial charge in [0.05, 0.1) is 5.56 Å². The van der Waals surface area contributed by atoms with Gasteiger partial charge in [-0.15, -0.1) is 0 Å². The molecule has 0 amide bonds. The Morgan fingerprint density at radius 1 is 1.42 bits per heavy atom. The van der Waals surface area contributed by atoms with Crippen molar-refractivity contribution >= 4 is 29.1 Å². The number of carbonyl (C=O) groups is 1. The minimum absolute atomic E-state index is 0.136. The van der Waals surface area contributed by atoms with Crippen LogP contribution in [0.1, 0.15) is 37.0 Å². The number of nitrogen functional groups attached to an aromatic ring is 1. The van der Waals surface area contributed by atoms with E-state index in [9.17, 15) is 9.90 Å². The van der Waals surface area contributed by atoms with Crippen molar-refractivity contribution in [2.24, 2.45) is 0 Å². The first-order chi connectivity index (χ1) is 8.98. The van der Waals surface area contributed by atoms with Crippen LogP contribution in [0.15, 0.2) is 18.2 Å². The van der Waals surface area contributed by atoms with Crippen LogP contribution in [0.5, 0.6) is 0 Å². The molecule has 0 saturated carbocycles. The number of thioether (sulfide) groups is 1. The van der Waals surface area contributed by atoms with Gasteiger partial charge in [0, 0.05) is 22.7 Å². The first-order valence-corrected chi connectivity index (χ1v) is 7.62. The van der Waals surface area contributed by atoms with Gasteiger partial charge in [0.2, 0.25) is 0 Å². The van der Waals surface area contributed by atoms with E-state index in [1.54, 1.807) is 12.1 Å². The van der Waals surface area contributed by atoms with E-state index < -0.39 is 5.97 Å². The van der Waals surface area contributed by atoms with Gasteiger partial charge in [-0.05, 0) is 37.3 Å². The van der Waals surface area contributed by atoms with Crippen LogP contribution >= 0.6 is 11.8 Å². The lowest BCUT2D eigenvalue weighted by Crippen LogP contribution is -2.32. The van der Waals surface area contributed by atoms with Crippen molar-refractivity contribution in [3.8, 4) is 0 Å². The fourth-order valence-corrected chi connectivity index (χ4v) is 2.80. The monoisotopic (exact) mass is 282 g/mol. The van der Waals surface area contributed by atoms with E-state index in [2.05, 4.69) is 25.4 Å². The molecule has 106 valence electrons. The Morgan fingerprint density at radius 2 is 2.05 bits per heavy atom. The summed E-state index contributed by atoms with van der Waals surface area (Å²) in [7, 11) is 0. The third-order valence-corrected chi connectivity index (χ3v) is 5.18. The number of benzene rings is 1. The molecule has 0 spiro atoms. The zero-order chi connectivity index (χ0) is 14.5. The van der Waals surface area contributed by atoms with Gasteiger partial charge in [0.15, 0.2) is 0 Å². The number of anilines is 2. The van der Waals surface area contributed by atoms with Gasteiger partial charge in [0.1, 0.15) is 0 Å². The van der Waals surface area contributed by atoms with Crippen molar-refractivity contribution < 1.29 is 9.90 Å². The summed E-state index contributed by atoms with van der Waals surface area (Å²) < 4.78 is 0.136. The molecule has 0 fully saturated rings. The van der Waals surface area contributed by atoms with Crippen molar-refractivity contribution in [1.29, 1.82) is 0 Å². The SMILES string of the molecule is CCC(CC)(CNc1ccc(N)cc1C(=O)O)SC. The molecule has 0 unspecified atom stereocenters. The van der Waals surface area contributed by atoms with Gasteiger partial charge >= 0.3 is 5.97 Å². The molecule has 19 heavy (non-hydrogen) atoms. The molecule has 1 rings (SSSR count). The van der Waals surface area contributed by atoms with Crippen LogP contribution in [0.3, 0.4) is 0 Å². The van der Waals surface area contributed by atoms with Crippen LogP contribution in [-0.4, -0.2) is 28.6 Å². The molecule has 1 aromatic carbocycles. The second-order valence-corrected chi connectivity index (χ2v) is 5.83. The molecule has 0 radical (unpaired) electrons. The number of rotatable bonds is 7. The number of carboxylic acid groups (broad SMARTS) is 1. The summed E-state index contributed by atoms with van der Waals surface area (Å²) in [5.74, 6) is -0.961. The van der Waals surface area contributed by atoms with E-state index >= 15 is 0 Å². The molecular formula is C14H22N2O2S. The number of hydrogen-bond acceptors (Lipinski definition) is 4. The third-order valence-electron chi connectivity index (χ3n) is 3.60. The van der Waals surface area contributed by atoms with E-state index in [-0.39, 0.29) is 10.3 Å². The number of hydrogen-bond donors (Lipinski definition) is 3. The molecule has 0 aliphatic heterocycles. The third kappa shape index (κ3) is 3.80. The highest BCUT2D eigenvalue weighted by Crippen LogP contribution is 2.31. The highest BCUT2D eigenvalue weighted by atomic mass is 32.2. The van der Waals surface area contributed by atoms with Gasteiger partial charge < -0.3 is 16.2 Å². The normalized spacial score (nSPS) is 11.3. The lowest BCUT2D eigenvalue weighted by molar-refractivity contribution is 0.0698. The number of nitrogens with one attached hydrogen (secondary N) is 1. The maximum absolute atomic E-state index is 11.2. The molecule has 0 saturated heterocycles. The molecule has 5 heteroatoms. The van der Waals surface area contributed by atoms with Gasteiger partial charge in [-0.1, -0.05) is 13.8 Å². The predicted octanol–water partition coefficient (Wildman–Crippen LogP) is 3.30. The Bertz CT molecular complexity index is 437. The van der Waals surface area contributed by atoms with Crippen molar-refractivity contribution in [1.82, 2.24) is 0 Å². The Kier molecular flexibility index (Phi) is 5.54. The van der Waals surface area contributed by atoms with Gasteiger partial charge in [-0.2, -0.15) is 11.8 Å². The summed E-state index contributed by atoms with van der Waals surface area (Å²) in [6, 6.07) is 4.94. The van der Waals surface area contributed by atoms with Crippen LogP contribution in [0.4, 0.5) is 11.4 Å². The highest BCUT2D eigenvalue weighted by Gasteiger charge is 2.25. The van der Waals surface area contributed by atoms with Crippen LogP contribution in [-0.2, 0) is 0 Å². The molecule has 4 nitrogen and oxygen atoms in total. The van der Waals surface area contributed by atoms with E-state index in [4.69, 9.17) is 5.73 Å². The minimum atomic E-state index is -0.961. The van der Waals surface area contributed by atoms with Crippen LogP contribution in [0.2, 0.25) is 0 Å². The zero-order valence-corrected chi connectivity index (χ0v) is 12.5. The van der Waals surface area contributed by atoms with Crippen LogP contribution in [0, 0.1) is 0 Å².